The van der Waals surface area contributed by atoms with Crippen LogP contribution in [0.3, 0.4) is 0 Å². The molecule has 0 saturated heterocycles. The maximum absolute atomic E-state index is 12.3. The van der Waals surface area contributed by atoms with Crippen LogP contribution in [-0.2, 0) is 13.0 Å². The summed E-state index contributed by atoms with van der Waals surface area (Å²) in [6.45, 7) is 5.37. The van der Waals surface area contributed by atoms with E-state index in [-0.39, 0.29) is 5.56 Å². The lowest BCUT2D eigenvalue weighted by Crippen LogP contribution is -2.26. The number of para-hydroxylation sites is 1. The number of benzene rings is 1. The molecule has 0 radical (unpaired) electrons. The Morgan fingerprint density at radius 2 is 2.00 bits per heavy atom. The molecular formula is C19H20N6O. The summed E-state index contributed by atoms with van der Waals surface area (Å²) >= 11 is 0. The molecule has 132 valence electrons. The molecule has 7 heteroatoms. The summed E-state index contributed by atoms with van der Waals surface area (Å²) in [5, 5.41) is 1.63. The summed E-state index contributed by atoms with van der Waals surface area (Å²) in [6.07, 6.45) is 4.43. The molecule has 0 aliphatic heterocycles. The van der Waals surface area contributed by atoms with E-state index in [1.54, 1.807) is 12.4 Å². The number of anilines is 1. The van der Waals surface area contributed by atoms with Gasteiger partial charge in [0.1, 0.15) is 23.6 Å². The van der Waals surface area contributed by atoms with Crippen LogP contribution in [0.1, 0.15) is 25.2 Å². The van der Waals surface area contributed by atoms with Gasteiger partial charge in [-0.05, 0) is 31.0 Å². The van der Waals surface area contributed by atoms with Crippen LogP contribution >= 0.6 is 0 Å². The molecule has 3 heterocycles. The van der Waals surface area contributed by atoms with Crippen molar-refractivity contribution in [3.63, 3.8) is 0 Å². The van der Waals surface area contributed by atoms with Gasteiger partial charge in [-0.3, -0.25) is 4.79 Å². The van der Waals surface area contributed by atoms with E-state index < -0.39 is 0 Å². The zero-order chi connectivity index (χ0) is 18.1. The van der Waals surface area contributed by atoms with Crippen molar-refractivity contribution < 1.29 is 0 Å². The third kappa shape index (κ3) is 2.71. The van der Waals surface area contributed by atoms with Crippen molar-refractivity contribution in [2.45, 2.75) is 26.8 Å². The van der Waals surface area contributed by atoms with Gasteiger partial charge in [-0.1, -0.05) is 19.1 Å². The molecule has 0 fully saturated rings. The molecule has 0 bridgehead atoms. The van der Waals surface area contributed by atoms with Crippen LogP contribution in [0.25, 0.3) is 21.9 Å². The molecule has 0 unspecified atom stereocenters. The molecule has 0 atom stereocenters. The van der Waals surface area contributed by atoms with Gasteiger partial charge in [-0.25, -0.2) is 15.0 Å². The Labute approximate surface area is 150 Å². The molecular weight excluding hydrogens is 328 g/mol. The number of aromatic nitrogens is 5. The molecule has 0 spiro atoms. The summed E-state index contributed by atoms with van der Waals surface area (Å²) in [5.41, 5.74) is 2.58. The van der Waals surface area contributed by atoms with E-state index in [4.69, 9.17) is 0 Å². The summed E-state index contributed by atoms with van der Waals surface area (Å²) in [4.78, 5) is 34.0. The number of hydrogen-bond donors (Lipinski definition) is 2. The maximum Gasteiger partial charge on any atom is 0.258 e. The highest BCUT2D eigenvalue weighted by Crippen LogP contribution is 2.27. The van der Waals surface area contributed by atoms with Crippen LogP contribution in [0.5, 0.6) is 0 Å². The maximum atomic E-state index is 12.3. The van der Waals surface area contributed by atoms with Gasteiger partial charge < -0.3 is 14.9 Å². The van der Waals surface area contributed by atoms with E-state index in [9.17, 15) is 4.79 Å². The van der Waals surface area contributed by atoms with E-state index in [0.717, 1.165) is 29.8 Å². The predicted octanol–water partition coefficient (Wildman–Crippen LogP) is 2.78. The van der Waals surface area contributed by atoms with Crippen LogP contribution in [0.2, 0.25) is 0 Å². The first-order chi connectivity index (χ1) is 12.7. The number of hydrogen-bond acceptors (Lipinski definition) is 5. The second-order valence-electron chi connectivity index (χ2n) is 6.13. The van der Waals surface area contributed by atoms with Gasteiger partial charge in [0.05, 0.1) is 22.8 Å². The quantitative estimate of drug-likeness (QED) is 0.579. The van der Waals surface area contributed by atoms with E-state index in [2.05, 4.69) is 43.7 Å². The Bertz CT molecular complexity index is 1130. The van der Waals surface area contributed by atoms with Gasteiger partial charge in [0.25, 0.3) is 5.56 Å². The standard InChI is InChI=1S/C19H20N6O/c1-3-12-9-20-17-16(12)18(22-11-21-17)25(4-2)10-15-23-14-8-6-5-7-13(14)19(26)24-15/h5-9,11H,3-4,10H2,1-2H3,(H,20,21,22)(H,23,24,26). The van der Waals surface area contributed by atoms with Crippen molar-refractivity contribution in [2.24, 2.45) is 0 Å². The average Bonchev–Trinajstić information content (AvgIpc) is 3.09. The fourth-order valence-electron chi connectivity index (χ4n) is 3.25. The van der Waals surface area contributed by atoms with Crippen molar-refractivity contribution in [2.75, 3.05) is 11.4 Å². The molecule has 0 aliphatic carbocycles. The highest BCUT2D eigenvalue weighted by Gasteiger charge is 2.16. The van der Waals surface area contributed by atoms with Crippen LogP contribution in [-0.4, -0.2) is 31.5 Å². The van der Waals surface area contributed by atoms with Gasteiger partial charge in [0.15, 0.2) is 0 Å². The number of nitrogens with zero attached hydrogens (tertiary/aromatic N) is 4. The lowest BCUT2D eigenvalue weighted by molar-refractivity contribution is 0.770. The van der Waals surface area contributed by atoms with Gasteiger partial charge >= 0.3 is 0 Å². The number of fused-ring (bicyclic) bond motifs is 2. The summed E-state index contributed by atoms with van der Waals surface area (Å²) in [7, 11) is 0. The molecule has 3 aromatic heterocycles. The van der Waals surface area contributed by atoms with Gasteiger partial charge in [0.2, 0.25) is 0 Å². The van der Waals surface area contributed by atoms with E-state index in [0.29, 0.717) is 23.3 Å². The largest absolute Gasteiger partial charge is 0.349 e. The van der Waals surface area contributed by atoms with E-state index >= 15 is 0 Å². The first-order valence-corrected chi connectivity index (χ1v) is 8.75. The van der Waals surface area contributed by atoms with Crippen molar-refractivity contribution in [3.8, 4) is 0 Å². The molecule has 0 amide bonds. The number of aryl methyl sites for hydroxylation is 1. The fourth-order valence-corrected chi connectivity index (χ4v) is 3.25. The average molecular weight is 348 g/mol. The number of H-pyrrole nitrogens is 2. The minimum Gasteiger partial charge on any atom is -0.349 e. The Balaban J connectivity index is 1.78. The zero-order valence-electron chi connectivity index (χ0n) is 14.8. The Kier molecular flexibility index (Phi) is 4.12. The first-order valence-electron chi connectivity index (χ1n) is 8.75. The minimum absolute atomic E-state index is 0.120. The molecule has 26 heavy (non-hydrogen) atoms. The van der Waals surface area contributed by atoms with Crippen LogP contribution in [0, 0.1) is 0 Å². The molecule has 1 aromatic carbocycles. The lowest BCUT2D eigenvalue weighted by atomic mass is 10.2. The first kappa shape index (κ1) is 16.3. The third-order valence-corrected chi connectivity index (χ3v) is 4.60. The van der Waals surface area contributed by atoms with Crippen molar-refractivity contribution in [1.29, 1.82) is 0 Å². The topological polar surface area (TPSA) is 90.6 Å². The SMILES string of the molecule is CCc1c[nH]c2ncnc(N(CC)Cc3nc4ccccc4c(=O)[nH]3)c12. The predicted molar refractivity (Wildman–Crippen MR) is 102 cm³/mol. The summed E-state index contributed by atoms with van der Waals surface area (Å²) < 4.78 is 0. The van der Waals surface area contributed by atoms with Crippen LogP contribution < -0.4 is 10.5 Å². The molecule has 7 nitrogen and oxygen atoms in total. The van der Waals surface area contributed by atoms with E-state index in [1.807, 2.05) is 24.4 Å². The highest BCUT2D eigenvalue weighted by molar-refractivity contribution is 5.90. The highest BCUT2D eigenvalue weighted by atomic mass is 16.1. The molecule has 4 rings (SSSR count). The smallest absolute Gasteiger partial charge is 0.258 e. The molecule has 2 N–H and O–H groups in total. The van der Waals surface area contributed by atoms with Gasteiger partial charge in [0, 0.05) is 12.7 Å². The third-order valence-electron chi connectivity index (χ3n) is 4.60. The minimum atomic E-state index is -0.120. The molecule has 0 aliphatic rings. The second-order valence-corrected chi connectivity index (χ2v) is 6.13. The van der Waals surface area contributed by atoms with Gasteiger partial charge in [-0.2, -0.15) is 0 Å². The summed E-state index contributed by atoms with van der Waals surface area (Å²) in [5.74, 6) is 1.47. The Morgan fingerprint density at radius 3 is 2.81 bits per heavy atom. The monoisotopic (exact) mass is 348 g/mol. The Hall–Kier alpha value is -3.22. The lowest BCUT2D eigenvalue weighted by Gasteiger charge is -2.22. The van der Waals surface area contributed by atoms with Crippen LogP contribution in [0.15, 0.2) is 41.6 Å². The van der Waals surface area contributed by atoms with E-state index in [1.165, 1.54) is 5.56 Å². The second kappa shape index (κ2) is 6.59. The van der Waals surface area contributed by atoms with Gasteiger partial charge in [-0.15, -0.1) is 0 Å². The van der Waals surface area contributed by atoms with Crippen molar-refractivity contribution in [3.05, 3.63) is 58.5 Å². The zero-order valence-corrected chi connectivity index (χ0v) is 14.8. The number of nitrogens with one attached hydrogen (secondary N) is 2. The van der Waals surface area contributed by atoms with Crippen molar-refractivity contribution >= 4 is 27.8 Å². The number of rotatable bonds is 5. The Morgan fingerprint density at radius 1 is 1.15 bits per heavy atom. The van der Waals surface area contributed by atoms with Crippen LogP contribution in [0.4, 0.5) is 5.82 Å². The molecule has 4 aromatic rings. The number of aromatic amines is 2. The van der Waals surface area contributed by atoms with Crippen molar-refractivity contribution in [1.82, 2.24) is 24.9 Å². The summed E-state index contributed by atoms with van der Waals surface area (Å²) in [6, 6.07) is 7.36. The fraction of sp³-hybridized carbons (Fsp3) is 0.263. The molecule has 0 saturated carbocycles. The normalized spacial score (nSPS) is 11.3.